The van der Waals surface area contributed by atoms with E-state index in [2.05, 4.69) is 10.3 Å². The van der Waals surface area contributed by atoms with Gasteiger partial charge in [0.25, 0.3) is 5.91 Å². The Kier molecular flexibility index (Phi) is 4.74. The Morgan fingerprint density at radius 3 is 2.73 bits per heavy atom. The lowest BCUT2D eigenvalue weighted by atomic mass is 10.00. The molecule has 2 aromatic rings. The number of halogens is 3. The third kappa shape index (κ3) is 3.40. The van der Waals surface area contributed by atoms with Gasteiger partial charge in [-0.05, 0) is 37.4 Å². The van der Waals surface area contributed by atoms with E-state index in [4.69, 9.17) is 10.5 Å². The van der Waals surface area contributed by atoms with Gasteiger partial charge >= 0.3 is 6.18 Å². The van der Waals surface area contributed by atoms with Crippen LogP contribution in [0.5, 0.6) is 5.75 Å². The molecule has 10 heteroatoms. The summed E-state index contributed by atoms with van der Waals surface area (Å²) < 4.78 is 47.6. The van der Waals surface area contributed by atoms with Crippen LogP contribution < -0.4 is 20.7 Å². The molecule has 30 heavy (non-hydrogen) atoms. The van der Waals surface area contributed by atoms with Crippen LogP contribution in [-0.4, -0.2) is 47.7 Å². The molecule has 0 bridgehead atoms. The van der Waals surface area contributed by atoms with Crippen LogP contribution >= 0.6 is 0 Å². The molecule has 2 saturated heterocycles. The molecule has 0 saturated carbocycles. The highest BCUT2D eigenvalue weighted by Crippen LogP contribution is 2.43. The van der Waals surface area contributed by atoms with Gasteiger partial charge in [-0.2, -0.15) is 13.2 Å². The van der Waals surface area contributed by atoms with Crippen molar-refractivity contribution in [1.29, 1.82) is 0 Å². The predicted molar refractivity (Wildman–Crippen MR) is 103 cm³/mol. The van der Waals surface area contributed by atoms with E-state index >= 15 is 0 Å². The number of hydrogen-bond acceptors (Lipinski definition) is 5. The Morgan fingerprint density at radius 2 is 2.10 bits per heavy atom. The number of alkyl halides is 3. The Bertz CT molecular complexity index is 1020. The van der Waals surface area contributed by atoms with Crippen molar-refractivity contribution in [2.24, 2.45) is 11.7 Å². The molecule has 7 nitrogen and oxygen atoms in total. The molecule has 1 aromatic heterocycles. The highest BCUT2D eigenvalue weighted by atomic mass is 19.4. The maximum absolute atomic E-state index is 14.0. The van der Waals surface area contributed by atoms with Gasteiger partial charge in [-0.25, -0.2) is 4.98 Å². The van der Waals surface area contributed by atoms with Gasteiger partial charge in [0.05, 0.1) is 17.7 Å². The zero-order valence-electron chi connectivity index (χ0n) is 16.4. The number of aromatic nitrogens is 1. The van der Waals surface area contributed by atoms with E-state index in [1.807, 2.05) is 0 Å². The fourth-order valence-corrected chi connectivity index (χ4v) is 4.36. The lowest BCUT2D eigenvalue weighted by Crippen LogP contribution is -2.52. The van der Waals surface area contributed by atoms with Crippen LogP contribution in [0.4, 0.5) is 19.0 Å². The molecule has 0 spiro atoms. The summed E-state index contributed by atoms with van der Waals surface area (Å²) in [5.74, 6) is -1.21. The molecule has 3 unspecified atom stereocenters. The molecule has 2 fully saturated rings. The summed E-state index contributed by atoms with van der Waals surface area (Å²) >= 11 is 0. The number of fused-ring (bicyclic) bond motifs is 2. The molecular formula is C20H21F3N4O3. The van der Waals surface area contributed by atoms with Crippen molar-refractivity contribution in [3.63, 3.8) is 0 Å². The van der Waals surface area contributed by atoms with E-state index in [9.17, 15) is 22.8 Å². The standard InChI is InChI=1S/C20H21F3N4O3/c1-9(2)30-14-7-12-10(5-13(14)18(24)29)3-4-25-19(12)27-8-11-6-15(28)26-16(11)17(27)20(21,22)23/h3-5,7,9,11,16-17H,6,8H2,1-2H3,(H2,24,29)(H,26,28). The van der Waals surface area contributed by atoms with Gasteiger partial charge in [0.1, 0.15) is 17.6 Å². The van der Waals surface area contributed by atoms with Crippen molar-refractivity contribution in [2.75, 3.05) is 11.4 Å². The van der Waals surface area contributed by atoms with Crippen LogP contribution in [0.1, 0.15) is 30.6 Å². The molecule has 0 aliphatic carbocycles. The summed E-state index contributed by atoms with van der Waals surface area (Å²) in [5.41, 5.74) is 5.61. The third-order valence-corrected chi connectivity index (χ3v) is 5.47. The van der Waals surface area contributed by atoms with Gasteiger partial charge in [-0.15, -0.1) is 0 Å². The van der Waals surface area contributed by atoms with Crippen LogP contribution in [0, 0.1) is 5.92 Å². The molecule has 4 rings (SSSR count). The van der Waals surface area contributed by atoms with Gasteiger partial charge in [0, 0.05) is 30.5 Å². The predicted octanol–water partition coefficient (Wildman–Crippen LogP) is 2.38. The molecular weight excluding hydrogens is 401 g/mol. The first-order valence-electron chi connectivity index (χ1n) is 9.58. The van der Waals surface area contributed by atoms with E-state index in [0.29, 0.717) is 10.8 Å². The molecule has 2 amide bonds. The maximum Gasteiger partial charge on any atom is 0.410 e. The van der Waals surface area contributed by atoms with Crippen LogP contribution in [-0.2, 0) is 4.79 Å². The van der Waals surface area contributed by atoms with E-state index in [0.717, 1.165) is 0 Å². The average molecular weight is 422 g/mol. The first-order valence-corrected chi connectivity index (χ1v) is 9.58. The number of hydrogen-bond donors (Lipinski definition) is 2. The number of nitrogens with one attached hydrogen (secondary N) is 1. The fraction of sp³-hybridized carbons (Fsp3) is 0.450. The Labute approximate surface area is 170 Å². The number of anilines is 1. The number of nitrogens with zero attached hydrogens (tertiary/aromatic N) is 2. The third-order valence-electron chi connectivity index (χ3n) is 5.47. The monoisotopic (exact) mass is 422 g/mol. The van der Waals surface area contributed by atoms with Gasteiger partial charge in [0.2, 0.25) is 5.91 Å². The second-order valence-corrected chi connectivity index (χ2v) is 7.93. The zero-order valence-corrected chi connectivity index (χ0v) is 16.4. The maximum atomic E-state index is 14.0. The lowest BCUT2D eigenvalue weighted by molar-refractivity contribution is -0.151. The van der Waals surface area contributed by atoms with Gasteiger partial charge in [0.15, 0.2) is 0 Å². The quantitative estimate of drug-likeness (QED) is 0.789. The number of pyridine rings is 1. The summed E-state index contributed by atoms with van der Waals surface area (Å²) in [4.78, 5) is 29.0. The highest BCUT2D eigenvalue weighted by Gasteiger charge is 2.59. The van der Waals surface area contributed by atoms with Crippen LogP contribution in [0.3, 0.4) is 0 Å². The Morgan fingerprint density at radius 1 is 1.37 bits per heavy atom. The van der Waals surface area contributed by atoms with Crippen LogP contribution in [0.2, 0.25) is 0 Å². The smallest absolute Gasteiger partial charge is 0.410 e. The molecule has 2 aliphatic rings. The first kappa shape index (κ1) is 20.2. The summed E-state index contributed by atoms with van der Waals surface area (Å²) in [6.07, 6.45) is -3.40. The SMILES string of the molecule is CC(C)Oc1cc2c(N3CC4CC(=O)NC4C3C(F)(F)F)nccc2cc1C(N)=O. The number of ether oxygens (including phenoxy) is 1. The number of amides is 2. The molecule has 3 N–H and O–H groups in total. The van der Waals surface area contributed by atoms with E-state index in [1.54, 1.807) is 19.9 Å². The molecule has 3 atom stereocenters. The first-order chi connectivity index (χ1) is 14.1. The summed E-state index contributed by atoms with van der Waals surface area (Å²) in [7, 11) is 0. The normalized spacial score (nSPS) is 23.7. The van der Waals surface area contributed by atoms with Crippen molar-refractivity contribution in [2.45, 2.75) is 44.6 Å². The van der Waals surface area contributed by atoms with E-state index in [1.165, 1.54) is 23.2 Å². The minimum absolute atomic E-state index is 0.0393. The zero-order chi connectivity index (χ0) is 21.8. The van der Waals surface area contributed by atoms with E-state index < -0.39 is 30.1 Å². The van der Waals surface area contributed by atoms with Crippen LogP contribution in [0.15, 0.2) is 24.4 Å². The van der Waals surface area contributed by atoms with Crippen molar-refractivity contribution in [3.8, 4) is 5.75 Å². The summed E-state index contributed by atoms with van der Waals surface area (Å²) in [6.45, 7) is 3.57. The number of primary amides is 1. The number of rotatable bonds is 4. The fourth-order valence-electron chi connectivity index (χ4n) is 4.36. The molecule has 3 heterocycles. The number of carbonyl (C=O) groups is 2. The Hall–Kier alpha value is -3.04. The van der Waals surface area contributed by atoms with Crippen LogP contribution in [0.25, 0.3) is 10.8 Å². The van der Waals surface area contributed by atoms with Gasteiger partial charge < -0.3 is 20.7 Å². The minimum Gasteiger partial charge on any atom is -0.490 e. The van der Waals surface area contributed by atoms with E-state index in [-0.39, 0.29) is 42.1 Å². The molecule has 160 valence electrons. The van der Waals surface area contributed by atoms with Crippen molar-refractivity contribution in [1.82, 2.24) is 10.3 Å². The minimum atomic E-state index is -4.56. The average Bonchev–Trinajstić information content (AvgIpc) is 3.14. The van der Waals surface area contributed by atoms with Crippen molar-refractivity contribution in [3.05, 3.63) is 30.0 Å². The topological polar surface area (TPSA) is 97.6 Å². The Balaban J connectivity index is 1.86. The number of carbonyl (C=O) groups excluding carboxylic acids is 2. The highest BCUT2D eigenvalue weighted by molar-refractivity contribution is 6.03. The molecule has 2 aliphatic heterocycles. The summed E-state index contributed by atoms with van der Waals surface area (Å²) in [6, 6.07) is 1.70. The van der Waals surface area contributed by atoms with Crippen molar-refractivity contribution >= 4 is 28.4 Å². The second-order valence-electron chi connectivity index (χ2n) is 7.93. The number of benzene rings is 1. The number of nitrogens with two attached hydrogens (primary N) is 1. The summed E-state index contributed by atoms with van der Waals surface area (Å²) in [5, 5.41) is 3.40. The largest absolute Gasteiger partial charge is 0.490 e. The molecule has 1 aromatic carbocycles. The second kappa shape index (κ2) is 7.03. The lowest BCUT2D eigenvalue weighted by Gasteiger charge is -2.31. The van der Waals surface area contributed by atoms with Gasteiger partial charge in [-0.3, -0.25) is 9.59 Å². The molecule has 0 radical (unpaired) electrons. The van der Waals surface area contributed by atoms with Gasteiger partial charge in [-0.1, -0.05) is 0 Å². The van der Waals surface area contributed by atoms with Crippen molar-refractivity contribution < 1.29 is 27.5 Å².